The maximum atomic E-state index is 12.8. The van der Waals surface area contributed by atoms with Crippen LogP contribution in [0.5, 0.6) is 0 Å². The highest BCUT2D eigenvalue weighted by Gasteiger charge is 2.39. The van der Waals surface area contributed by atoms with Crippen LogP contribution < -0.4 is 0 Å². The number of carbonyl (C=O) groups excluding carboxylic acids is 2. The van der Waals surface area contributed by atoms with Gasteiger partial charge in [-0.25, -0.2) is 9.13 Å². The molecule has 1 unspecified atom stereocenters. The van der Waals surface area contributed by atoms with Gasteiger partial charge in [0.2, 0.25) is 0 Å². The summed E-state index contributed by atoms with van der Waals surface area (Å²) in [6.07, 6.45) is 14.5. The fourth-order valence-electron chi connectivity index (χ4n) is 6.69. The minimum Gasteiger partial charge on any atom is -0.462 e. The van der Waals surface area contributed by atoms with Gasteiger partial charge < -0.3 is 44.6 Å². The summed E-state index contributed by atoms with van der Waals surface area (Å²) < 4.78 is 47.7. The molecule has 16 nitrogen and oxygen atoms in total. The summed E-state index contributed by atoms with van der Waals surface area (Å²) >= 11 is 0. The van der Waals surface area contributed by atoms with Crippen LogP contribution in [0.1, 0.15) is 149 Å². The van der Waals surface area contributed by atoms with E-state index in [1.54, 1.807) is 6.08 Å². The molecule has 1 aliphatic carbocycles. The summed E-state index contributed by atoms with van der Waals surface area (Å²) in [6.45, 7) is 3.63. The number of ether oxygens (including phenoxy) is 2. The van der Waals surface area contributed by atoms with Crippen molar-refractivity contribution in [3.63, 3.8) is 0 Å². The lowest BCUT2D eigenvalue weighted by Gasteiger charge is -2.21. The molecule has 1 rings (SSSR count). The molecule has 57 heavy (non-hydrogen) atoms. The number of esters is 2. The van der Waals surface area contributed by atoms with Gasteiger partial charge in [-0.1, -0.05) is 116 Å². The van der Waals surface area contributed by atoms with Crippen molar-refractivity contribution >= 4 is 27.6 Å². The van der Waals surface area contributed by atoms with E-state index in [1.807, 2.05) is 6.08 Å². The highest BCUT2D eigenvalue weighted by Crippen LogP contribution is 2.44. The van der Waals surface area contributed by atoms with Crippen molar-refractivity contribution in [3.05, 3.63) is 12.2 Å². The Morgan fingerprint density at radius 1 is 0.702 bits per heavy atom. The molecule has 0 spiro atoms. The van der Waals surface area contributed by atoms with E-state index in [-0.39, 0.29) is 31.1 Å². The zero-order valence-electron chi connectivity index (χ0n) is 34.4. The average molecular weight is 861 g/mol. The van der Waals surface area contributed by atoms with Gasteiger partial charge in [0.15, 0.2) is 6.10 Å². The van der Waals surface area contributed by atoms with Gasteiger partial charge in [-0.2, -0.15) is 0 Å². The third-order valence-corrected chi connectivity index (χ3v) is 11.4. The normalized spacial score (nSPS) is 21.5. The van der Waals surface area contributed by atoms with E-state index in [9.17, 15) is 44.0 Å². The largest absolute Gasteiger partial charge is 0.472 e. The first kappa shape index (κ1) is 53.8. The predicted octanol–water partition coefficient (Wildman–Crippen LogP) is 6.41. The molecule has 18 heteroatoms. The standard InChI is InChI=1S/C39H74O16P2/c1-4-5-13-19-31(40)23-24-35-34(36(42)25-37(35)43)20-15-11-12-17-22-39(45)55-33(29-54-57(49,50)53-27-32(41)26-52-56(46,47)48)28-51-38(44)21-16-10-8-6-7-9-14-18-30(2)3/h23-24,30-37,40-43H,4-22,25-29H2,1-3H3,(H,49,50)(H2,46,47,48)/b24-23+/t31-,32-,33+,34+,35+,36-,37+/m0/s1. The molecule has 0 radical (unpaired) electrons. The first-order valence-corrected chi connectivity index (χ1v) is 24.0. The number of aliphatic hydroxyl groups excluding tert-OH is 4. The van der Waals surface area contributed by atoms with E-state index < -0.39 is 84.5 Å². The van der Waals surface area contributed by atoms with Crippen molar-refractivity contribution < 1.29 is 76.9 Å². The number of unbranched alkanes of at least 4 members (excludes halogenated alkanes) is 11. The first-order valence-electron chi connectivity index (χ1n) is 21.0. The zero-order valence-corrected chi connectivity index (χ0v) is 36.2. The van der Waals surface area contributed by atoms with Gasteiger partial charge in [0.1, 0.15) is 12.7 Å². The molecule has 336 valence electrons. The van der Waals surface area contributed by atoms with Crippen LogP contribution in [-0.2, 0) is 41.8 Å². The highest BCUT2D eigenvalue weighted by atomic mass is 31.2. The fourth-order valence-corrected chi connectivity index (χ4v) is 7.84. The number of hydrogen-bond acceptors (Lipinski definition) is 13. The van der Waals surface area contributed by atoms with Gasteiger partial charge >= 0.3 is 27.6 Å². The second-order valence-electron chi connectivity index (χ2n) is 15.7. The Balaban J connectivity index is 2.58. The topological polar surface area (TPSA) is 256 Å². The monoisotopic (exact) mass is 860 g/mol. The predicted molar refractivity (Wildman–Crippen MR) is 214 cm³/mol. The smallest absolute Gasteiger partial charge is 0.462 e. The molecular formula is C39H74O16P2. The van der Waals surface area contributed by atoms with Crippen molar-refractivity contribution in [1.29, 1.82) is 0 Å². The lowest BCUT2D eigenvalue weighted by molar-refractivity contribution is -0.161. The van der Waals surface area contributed by atoms with E-state index in [2.05, 4.69) is 29.8 Å². The van der Waals surface area contributed by atoms with Crippen molar-refractivity contribution in [2.75, 3.05) is 26.4 Å². The molecule has 0 heterocycles. The van der Waals surface area contributed by atoms with E-state index in [1.165, 1.54) is 19.3 Å². The highest BCUT2D eigenvalue weighted by molar-refractivity contribution is 7.47. The molecule has 0 aromatic carbocycles. The second kappa shape index (κ2) is 30.7. The Hall–Kier alpha value is -1.26. The molecule has 0 saturated heterocycles. The van der Waals surface area contributed by atoms with Gasteiger partial charge in [0, 0.05) is 25.2 Å². The molecule has 1 saturated carbocycles. The van der Waals surface area contributed by atoms with Gasteiger partial charge in [-0.05, 0) is 37.5 Å². The fraction of sp³-hybridized carbons (Fsp3) is 0.897. The van der Waals surface area contributed by atoms with Crippen LogP contribution in [0.3, 0.4) is 0 Å². The third kappa shape index (κ3) is 28.8. The number of phosphoric acid groups is 2. The third-order valence-electron chi connectivity index (χ3n) is 9.92. The zero-order chi connectivity index (χ0) is 42.7. The summed E-state index contributed by atoms with van der Waals surface area (Å²) in [7, 11) is -9.75. The van der Waals surface area contributed by atoms with Gasteiger partial charge in [0.05, 0.1) is 38.1 Å². The number of phosphoric ester groups is 2. The first-order chi connectivity index (χ1) is 26.9. The van der Waals surface area contributed by atoms with Gasteiger partial charge in [-0.15, -0.1) is 0 Å². The average Bonchev–Trinajstić information content (AvgIpc) is 3.41. The van der Waals surface area contributed by atoms with Crippen LogP contribution in [0.2, 0.25) is 0 Å². The Morgan fingerprint density at radius 2 is 1.26 bits per heavy atom. The molecule has 0 aromatic heterocycles. The van der Waals surface area contributed by atoms with E-state index >= 15 is 0 Å². The molecule has 1 fully saturated rings. The van der Waals surface area contributed by atoms with Crippen LogP contribution >= 0.6 is 15.6 Å². The molecule has 1 aliphatic rings. The number of aliphatic hydroxyl groups is 4. The molecule has 0 bridgehead atoms. The van der Waals surface area contributed by atoms with E-state index in [4.69, 9.17) is 23.8 Å². The molecular weight excluding hydrogens is 786 g/mol. The van der Waals surface area contributed by atoms with Gasteiger partial charge in [-0.3, -0.25) is 23.2 Å². The summed E-state index contributed by atoms with van der Waals surface area (Å²) in [5.41, 5.74) is 0. The van der Waals surface area contributed by atoms with E-state index in [0.29, 0.717) is 38.0 Å². The van der Waals surface area contributed by atoms with Crippen molar-refractivity contribution in [2.45, 2.75) is 180 Å². The molecule has 8 atom stereocenters. The molecule has 7 N–H and O–H groups in total. The lowest BCUT2D eigenvalue weighted by Crippen LogP contribution is -2.30. The Morgan fingerprint density at radius 3 is 1.89 bits per heavy atom. The Labute approximate surface area is 339 Å². The Bertz CT molecular complexity index is 1200. The minimum absolute atomic E-state index is 0.00696. The molecule has 0 amide bonds. The van der Waals surface area contributed by atoms with Crippen molar-refractivity contribution in [1.82, 2.24) is 0 Å². The summed E-state index contributed by atoms with van der Waals surface area (Å²) in [6, 6.07) is 0. The molecule has 0 aliphatic heterocycles. The van der Waals surface area contributed by atoms with Gasteiger partial charge in [0.25, 0.3) is 0 Å². The van der Waals surface area contributed by atoms with Crippen LogP contribution in [0.25, 0.3) is 0 Å². The van der Waals surface area contributed by atoms with Crippen LogP contribution in [-0.4, -0.2) is 104 Å². The Kier molecular flexibility index (Phi) is 29.0. The minimum atomic E-state index is -4.89. The van der Waals surface area contributed by atoms with Crippen molar-refractivity contribution in [2.24, 2.45) is 17.8 Å². The number of carbonyl (C=O) groups is 2. The second-order valence-corrected chi connectivity index (χ2v) is 18.4. The van der Waals surface area contributed by atoms with Crippen molar-refractivity contribution in [3.8, 4) is 0 Å². The number of hydrogen-bond donors (Lipinski definition) is 7. The summed E-state index contributed by atoms with van der Waals surface area (Å²) in [5, 5.41) is 41.1. The molecule has 0 aromatic rings. The summed E-state index contributed by atoms with van der Waals surface area (Å²) in [5.74, 6) is -0.851. The van der Waals surface area contributed by atoms with E-state index in [0.717, 1.165) is 57.8 Å². The van der Waals surface area contributed by atoms with Crippen LogP contribution in [0.15, 0.2) is 12.2 Å². The quantitative estimate of drug-likeness (QED) is 0.0157. The lowest BCUT2D eigenvalue weighted by atomic mass is 9.88. The maximum Gasteiger partial charge on any atom is 0.472 e. The maximum absolute atomic E-state index is 12.8. The summed E-state index contributed by atoms with van der Waals surface area (Å²) in [4.78, 5) is 52.8. The number of rotatable bonds is 35. The van der Waals surface area contributed by atoms with Crippen LogP contribution in [0.4, 0.5) is 0 Å². The van der Waals surface area contributed by atoms with Crippen LogP contribution in [0, 0.1) is 17.8 Å². The SMILES string of the molecule is CCCCC[C@H](O)/C=C/[C@@H]1[C@@H](CCCCCCC(=O)O[C@H](COC(=O)CCCCCCCCCC(C)C)COP(=O)(O)OC[C@@H](O)COP(=O)(O)O)[C@@H](O)C[C@H]1O.